The van der Waals surface area contributed by atoms with Gasteiger partial charge in [-0.3, -0.25) is 0 Å². The molecule has 0 saturated heterocycles. The van der Waals surface area contributed by atoms with Crippen LogP contribution in [0.2, 0.25) is 5.02 Å². The fraction of sp³-hybridized carbons (Fsp3) is 0.167. The van der Waals surface area contributed by atoms with E-state index in [1.807, 2.05) is 6.07 Å². The lowest BCUT2D eigenvalue weighted by atomic mass is 10.2. The summed E-state index contributed by atoms with van der Waals surface area (Å²) in [5.74, 6) is -0.602. The quantitative estimate of drug-likeness (QED) is 0.864. The van der Waals surface area contributed by atoms with Crippen LogP contribution in [-0.2, 0) is 11.3 Å². The lowest BCUT2D eigenvalue weighted by Crippen LogP contribution is -2.08. The molecule has 0 amide bonds. The molecule has 18 heavy (non-hydrogen) atoms. The van der Waals surface area contributed by atoms with Gasteiger partial charge in [0, 0.05) is 5.02 Å². The maximum absolute atomic E-state index is 11.8. The summed E-state index contributed by atoms with van der Waals surface area (Å²) in [5, 5.41) is 4.17. The highest BCUT2D eigenvalue weighted by Crippen LogP contribution is 2.18. The Labute approximate surface area is 108 Å². The second-order valence-electron chi connectivity index (χ2n) is 3.71. The van der Waals surface area contributed by atoms with Crippen LogP contribution < -0.4 is 5.73 Å². The average Bonchev–Trinajstić information content (AvgIpc) is 2.66. The second-order valence-corrected chi connectivity index (χ2v) is 4.15. The van der Waals surface area contributed by atoms with Gasteiger partial charge in [0.2, 0.25) is 5.88 Å². The van der Waals surface area contributed by atoms with E-state index >= 15 is 0 Å². The van der Waals surface area contributed by atoms with Crippen LogP contribution in [0.5, 0.6) is 0 Å². The second kappa shape index (κ2) is 5.10. The Morgan fingerprint density at radius 1 is 1.56 bits per heavy atom. The van der Waals surface area contributed by atoms with Crippen LogP contribution in [0.3, 0.4) is 0 Å². The summed E-state index contributed by atoms with van der Waals surface area (Å²) in [4.78, 5) is 11.8. The van der Waals surface area contributed by atoms with E-state index in [0.29, 0.717) is 10.7 Å². The van der Waals surface area contributed by atoms with Gasteiger partial charge in [-0.25, -0.2) is 4.79 Å². The number of nitrogens with zero attached hydrogens (tertiary/aromatic N) is 1. The molecule has 94 valence electrons. The number of hydrogen-bond donors (Lipinski definition) is 1. The van der Waals surface area contributed by atoms with E-state index in [2.05, 4.69) is 5.16 Å². The normalized spacial score (nSPS) is 10.3. The van der Waals surface area contributed by atoms with E-state index in [4.69, 9.17) is 26.6 Å². The number of nitrogen functional groups attached to an aromatic ring is 1. The SMILES string of the molecule is Cc1noc(N)c1C(=O)OCc1cccc(Cl)c1. The highest BCUT2D eigenvalue weighted by Gasteiger charge is 2.19. The van der Waals surface area contributed by atoms with E-state index in [1.165, 1.54) is 0 Å². The molecular formula is C12H11ClN2O3. The molecule has 5 nitrogen and oxygen atoms in total. The van der Waals surface area contributed by atoms with Gasteiger partial charge in [-0.1, -0.05) is 28.9 Å². The van der Waals surface area contributed by atoms with Crippen molar-refractivity contribution >= 4 is 23.5 Å². The van der Waals surface area contributed by atoms with Gasteiger partial charge in [-0.15, -0.1) is 0 Å². The zero-order valence-electron chi connectivity index (χ0n) is 9.64. The van der Waals surface area contributed by atoms with E-state index in [0.717, 1.165) is 5.56 Å². The molecule has 1 heterocycles. The molecule has 0 aliphatic heterocycles. The molecule has 0 bridgehead atoms. The third kappa shape index (κ3) is 2.62. The molecule has 6 heteroatoms. The van der Waals surface area contributed by atoms with E-state index < -0.39 is 5.97 Å². The Bertz CT molecular complexity index is 561. The van der Waals surface area contributed by atoms with Crippen LogP contribution >= 0.6 is 11.6 Å². The number of rotatable bonds is 3. The topological polar surface area (TPSA) is 78.4 Å². The zero-order chi connectivity index (χ0) is 13.1. The van der Waals surface area contributed by atoms with Crippen LogP contribution in [0, 0.1) is 6.92 Å². The van der Waals surface area contributed by atoms with Crippen molar-refractivity contribution in [2.45, 2.75) is 13.5 Å². The van der Waals surface area contributed by atoms with Gasteiger partial charge in [-0.05, 0) is 24.6 Å². The van der Waals surface area contributed by atoms with Gasteiger partial charge in [-0.2, -0.15) is 0 Å². The summed E-state index contributed by atoms with van der Waals surface area (Å²) in [6, 6.07) is 7.06. The molecular weight excluding hydrogens is 256 g/mol. The summed E-state index contributed by atoms with van der Waals surface area (Å²) >= 11 is 5.82. The van der Waals surface area contributed by atoms with Crippen LogP contribution in [0.25, 0.3) is 0 Å². The molecule has 0 unspecified atom stereocenters. The monoisotopic (exact) mass is 266 g/mol. The fourth-order valence-corrected chi connectivity index (χ4v) is 1.70. The number of carbonyl (C=O) groups excluding carboxylic acids is 1. The predicted molar refractivity (Wildman–Crippen MR) is 66.2 cm³/mol. The Kier molecular flexibility index (Phi) is 3.53. The lowest BCUT2D eigenvalue weighted by Gasteiger charge is -2.04. The first-order valence-corrected chi connectivity index (χ1v) is 5.59. The van der Waals surface area contributed by atoms with Crippen molar-refractivity contribution in [2.24, 2.45) is 0 Å². The first-order chi connectivity index (χ1) is 8.58. The molecule has 0 aliphatic carbocycles. The number of benzene rings is 1. The molecule has 2 aromatic rings. The first kappa shape index (κ1) is 12.4. The highest BCUT2D eigenvalue weighted by atomic mass is 35.5. The number of aryl methyl sites for hydroxylation is 1. The van der Waals surface area contributed by atoms with Gasteiger partial charge in [0.25, 0.3) is 0 Å². The number of hydrogen-bond acceptors (Lipinski definition) is 5. The minimum absolute atomic E-state index is 0.0383. The van der Waals surface area contributed by atoms with Gasteiger partial charge < -0.3 is 15.0 Å². The molecule has 0 aliphatic rings. The first-order valence-electron chi connectivity index (χ1n) is 5.21. The molecule has 0 radical (unpaired) electrons. The molecule has 1 aromatic carbocycles. The molecule has 2 N–H and O–H groups in total. The standard InChI is InChI=1S/C12H11ClN2O3/c1-7-10(11(14)18-15-7)12(16)17-6-8-3-2-4-9(13)5-8/h2-5H,6,14H2,1H3. The summed E-state index contributed by atoms with van der Waals surface area (Å²) in [6.45, 7) is 1.74. The highest BCUT2D eigenvalue weighted by molar-refractivity contribution is 6.30. The molecule has 1 aromatic heterocycles. The third-order valence-electron chi connectivity index (χ3n) is 2.35. The number of ether oxygens (including phenoxy) is 1. The molecule has 0 saturated carbocycles. The van der Waals surface area contributed by atoms with Crippen molar-refractivity contribution < 1.29 is 14.1 Å². The van der Waals surface area contributed by atoms with Gasteiger partial charge in [0.05, 0.1) is 5.69 Å². The van der Waals surface area contributed by atoms with Crippen LogP contribution in [0.15, 0.2) is 28.8 Å². The molecule has 0 spiro atoms. The maximum atomic E-state index is 11.8. The summed E-state index contributed by atoms with van der Waals surface area (Å²) in [7, 11) is 0. The number of halogens is 1. The van der Waals surface area contributed by atoms with Crippen molar-refractivity contribution in [3.05, 3.63) is 46.1 Å². The maximum Gasteiger partial charge on any atom is 0.346 e. The smallest absolute Gasteiger partial charge is 0.346 e. The number of nitrogens with two attached hydrogens (primary N) is 1. The van der Waals surface area contributed by atoms with Crippen molar-refractivity contribution in [1.82, 2.24) is 5.16 Å². The third-order valence-corrected chi connectivity index (χ3v) is 2.59. The fourth-order valence-electron chi connectivity index (χ4n) is 1.48. The molecule has 0 atom stereocenters. The Morgan fingerprint density at radius 2 is 2.33 bits per heavy atom. The summed E-state index contributed by atoms with van der Waals surface area (Å²) in [5.41, 5.74) is 6.85. The van der Waals surface area contributed by atoms with Crippen molar-refractivity contribution in [1.29, 1.82) is 0 Å². The Morgan fingerprint density at radius 3 is 2.94 bits per heavy atom. The summed E-state index contributed by atoms with van der Waals surface area (Å²) in [6.07, 6.45) is 0. The van der Waals surface area contributed by atoms with E-state index in [1.54, 1.807) is 25.1 Å². The van der Waals surface area contributed by atoms with Crippen molar-refractivity contribution in [3.8, 4) is 0 Å². The minimum Gasteiger partial charge on any atom is -0.457 e. The van der Waals surface area contributed by atoms with E-state index in [-0.39, 0.29) is 18.1 Å². The van der Waals surface area contributed by atoms with Crippen molar-refractivity contribution in [2.75, 3.05) is 5.73 Å². The van der Waals surface area contributed by atoms with Crippen molar-refractivity contribution in [3.63, 3.8) is 0 Å². The minimum atomic E-state index is -0.564. The number of anilines is 1. The Balaban J connectivity index is 2.05. The predicted octanol–water partition coefficient (Wildman–Crippen LogP) is 2.58. The van der Waals surface area contributed by atoms with Crippen LogP contribution in [-0.4, -0.2) is 11.1 Å². The molecule has 0 fully saturated rings. The Hall–Kier alpha value is -2.01. The largest absolute Gasteiger partial charge is 0.457 e. The average molecular weight is 267 g/mol. The molecule has 2 rings (SSSR count). The number of carbonyl (C=O) groups is 1. The zero-order valence-corrected chi connectivity index (χ0v) is 10.4. The number of esters is 1. The van der Waals surface area contributed by atoms with E-state index in [9.17, 15) is 4.79 Å². The van der Waals surface area contributed by atoms with Gasteiger partial charge >= 0.3 is 5.97 Å². The van der Waals surface area contributed by atoms with Crippen LogP contribution in [0.4, 0.5) is 5.88 Å². The van der Waals surface area contributed by atoms with Gasteiger partial charge in [0.1, 0.15) is 12.2 Å². The van der Waals surface area contributed by atoms with Gasteiger partial charge in [0.15, 0.2) is 0 Å². The lowest BCUT2D eigenvalue weighted by molar-refractivity contribution is 0.0473. The summed E-state index contributed by atoms with van der Waals surface area (Å²) < 4.78 is 9.80. The number of aromatic nitrogens is 1. The van der Waals surface area contributed by atoms with Crippen LogP contribution in [0.1, 0.15) is 21.6 Å².